The second-order valence-corrected chi connectivity index (χ2v) is 4.41. The van der Waals surface area contributed by atoms with Gasteiger partial charge in [-0.15, -0.1) is 0 Å². The van der Waals surface area contributed by atoms with Crippen LogP contribution in [0.4, 0.5) is 0 Å². The second kappa shape index (κ2) is 11.0. The van der Waals surface area contributed by atoms with Crippen molar-refractivity contribution >= 4 is 5.96 Å². The SMILES string of the molecule is CCOCCNC(=NC)NCCc1ccccc1OCC. The molecule has 21 heavy (non-hydrogen) atoms. The number of nitrogens with one attached hydrogen (secondary N) is 2. The zero-order valence-corrected chi connectivity index (χ0v) is 13.3. The Balaban J connectivity index is 2.34. The average Bonchev–Trinajstić information content (AvgIpc) is 2.51. The van der Waals surface area contributed by atoms with Crippen molar-refractivity contribution in [2.45, 2.75) is 20.3 Å². The van der Waals surface area contributed by atoms with Crippen LogP contribution in [0.2, 0.25) is 0 Å². The van der Waals surface area contributed by atoms with Gasteiger partial charge < -0.3 is 20.1 Å². The lowest BCUT2D eigenvalue weighted by atomic mass is 10.1. The van der Waals surface area contributed by atoms with E-state index in [1.54, 1.807) is 7.05 Å². The Morgan fingerprint density at radius 1 is 1.10 bits per heavy atom. The second-order valence-electron chi connectivity index (χ2n) is 4.41. The molecular weight excluding hydrogens is 266 g/mol. The van der Waals surface area contributed by atoms with Gasteiger partial charge in [0, 0.05) is 26.7 Å². The molecule has 1 aromatic carbocycles. The first-order valence-corrected chi connectivity index (χ1v) is 7.54. The summed E-state index contributed by atoms with van der Waals surface area (Å²) in [6.07, 6.45) is 0.891. The van der Waals surface area contributed by atoms with E-state index in [4.69, 9.17) is 9.47 Å². The van der Waals surface area contributed by atoms with E-state index in [2.05, 4.69) is 21.7 Å². The lowest BCUT2D eigenvalue weighted by Gasteiger charge is -2.13. The molecule has 0 aliphatic carbocycles. The van der Waals surface area contributed by atoms with Crippen molar-refractivity contribution in [2.24, 2.45) is 4.99 Å². The van der Waals surface area contributed by atoms with Crippen LogP contribution in [0.25, 0.3) is 0 Å². The molecule has 0 radical (unpaired) electrons. The minimum atomic E-state index is 0.685. The summed E-state index contributed by atoms with van der Waals surface area (Å²) in [7, 11) is 1.77. The molecular formula is C16H27N3O2. The molecule has 0 bridgehead atoms. The number of ether oxygens (including phenoxy) is 2. The molecule has 0 unspecified atom stereocenters. The van der Waals surface area contributed by atoms with Gasteiger partial charge in [-0.1, -0.05) is 18.2 Å². The fraction of sp³-hybridized carbons (Fsp3) is 0.562. The molecule has 0 saturated heterocycles. The highest BCUT2D eigenvalue weighted by Gasteiger charge is 2.03. The number of hydrogen-bond donors (Lipinski definition) is 2. The lowest BCUT2D eigenvalue weighted by molar-refractivity contribution is 0.152. The first kappa shape index (κ1) is 17.3. The summed E-state index contributed by atoms with van der Waals surface area (Å²) < 4.78 is 10.9. The van der Waals surface area contributed by atoms with Crippen molar-refractivity contribution in [3.63, 3.8) is 0 Å². The van der Waals surface area contributed by atoms with Crippen molar-refractivity contribution < 1.29 is 9.47 Å². The number of benzene rings is 1. The zero-order valence-electron chi connectivity index (χ0n) is 13.3. The molecule has 0 aliphatic heterocycles. The summed E-state index contributed by atoms with van der Waals surface area (Å²) in [5.74, 6) is 1.75. The number of nitrogens with zero attached hydrogens (tertiary/aromatic N) is 1. The van der Waals surface area contributed by atoms with E-state index in [-0.39, 0.29) is 0 Å². The van der Waals surface area contributed by atoms with Gasteiger partial charge in [-0.05, 0) is 31.9 Å². The van der Waals surface area contributed by atoms with E-state index in [0.717, 1.165) is 37.8 Å². The summed E-state index contributed by atoms with van der Waals surface area (Å²) >= 11 is 0. The Labute approximate surface area is 127 Å². The van der Waals surface area contributed by atoms with Crippen molar-refractivity contribution in [3.8, 4) is 5.75 Å². The molecule has 2 N–H and O–H groups in total. The normalized spacial score (nSPS) is 11.3. The summed E-state index contributed by atoms with van der Waals surface area (Å²) in [4.78, 5) is 4.18. The maximum atomic E-state index is 5.62. The summed E-state index contributed by atoms with van der Waals surface area (Å²) in [5.41, 5.74) is 1.21. The van der Waals surface area contributed by atoms with Gasteiger partial charge in [-0.3, -0.25) is 4.99 Å². The Morgan fingerprint density at radius 2 is 1.86 bits per heavy atom. The quantitative estimate of drug-likeness (QED) is 0.414. The molecule has 5 nitrogen and oxygen atoms in total. The molecule has 0 aliphatic rings. The molecule has 0 heterocycles. The number of rotatable bonds is 9. The highest BCUT2D eigenvalue weighted by Crippen LogP contribution is 2.17. The largest absolute Gasteiger partial charge is 0.494 e. The van der Waals surface area contributed by atoms with Crippen LogP contribution >= 0.6 is 0 Å². The standard InChI is InChI=1S/C16H27N3O2/c1-4-20-13-12-19-16(17-3)18-11-10-14-8-6-7-9-15(14)21-5-2/h6-9H,4-5,10-13H2,1-3H3,(H2,17,18,19). The van der Waals surface area contributed by atoms with Gasteiger partial charge in [0.25, 0.3) is 0 Å². The number of hydrogen-bond acceptors (Lipinski definition) is 3. The third kappa shape index (κ3) is 6.99. The molecule has 118 valence electrons. The van der Waals surface area contributed by atoms with Gasteiger partial charge in [-0.2, -0.15) is 0 Å². The maximum Gasteiger partial charge on any atom is 0.191 e. The third-order valence-corrected chi connectivity index (χ3v) is 2.93. The van der Waals surface area contributed by atoms with Crippen LogP contribution in [0.1, 0.15) is 19.4 Å². The lowest BCUT2D eigenvalue weighted by Crippen LogP contribution is -2.39. The fourth-order valence-corrected chi connectivity index (χ4v) is 1.93. The van der Waals surface area contributed by atoms with Gasteiger partial charge in [0.2, 0.25) is 0 Å². The van der Waals surface area contributed by atoms with Crippen LogP contribution in [0, 0.1) is 0 Å². The molecule has 1 rings (SSSR count). The van der Waals surface area contributed by atoms with Gasteiger partial charge in [0.1, 0.15) is 5.75 Å². The third-order valence-electron chi connectivity index (χ3n) is 2.93. The Bertz CT molecular complexity index is 422. The van der Waals surface area contributed by atoms with Gasteiger partial charge >= 0.3 is 0 Å². The fourth-order valence-electron chi connectivity index (χ4n) is 1.93. The molecule has 0 atom stereocenters. The average molecular weight is 293 g/mol. The molecule has 5 heteroatoms. The van der Waals surface area contributed by atoms with E-state index in [1.165, 1.54) is 5.56 Å². The Morgan fingerprint density at radius 3 is 2.57 bits per heavy atom. The maximum absolute atomic E-state index is 5.62. The van der Waals surface area contributed by atoms with Crippen LogP contribution in [-0.2, 0) is 11.2 Å². The monoisotopic (exact) mass is 293 g/mol. The molecule has 0 saturated carbocycles. The smallest absolute Gasteiger partial charge is 0.191 e. The molecule has 0 fully saturated rings. The van der Waals surface area contributed by atoms with Gasteiger partial charge in [0.15, 0.2) is 5.96 Å². The number of guanidine groups is 1. The van der Waals surface area contributed by atoms with E-state index < -0.39 is 0 Å². The van der Waals surface area contributed by atoms with Crippen LogP contribution in [-0.4, -0.2) is 45.9 Å². The Kier molecular flexibility index (Phi) is 9.04. The molecule has 1 aromatic rings. The summed E-state index contributed by atoms with van der Waals surface area (Å²) in [6, 6.07) is 8.13. The van der Waals surface area contributed by atoms with Crippen LogP contribution in [0.5, 0.6) is 5.75 Å². The van der Waals surface area contributed by atoms with E-state index >= 15 is 0 Å². The highest BCUT2D eigenvalue weighted by atomic mass is 16.5. The number of para-hydroxylation sites is 1. The van der Waals surface area contributed by atoms with Gasteiger partial charge in [-0.25, -0.2) is 0 Å². The molecule has 0 aromatic heterocycles. The Hall–Kier alpha value is -1.75. The predicted molar refractivity (Wildman–Crippen MR) is 87.2 cm³/mol. The predicted octanol–water partition coefficient (Wildman–Crippen LogP) is 1.83. The summed E-state index contributed by atoms with van der Waals surface area (Å²) in [6.45, 7) is 7.65. The van der Waals surface area contributed by atoms with E-state index in [9.17, 15) is 0 Å². The zero-order chi connectivity index (χ0) is 15.3. The van der Waals surface area contributed by atoms with Crippen LogP contribution in [0.3, 0.4) is 0 Å². The topological polar surface area (TPSA) is 54.9 Å². The highest BCUT2D eigenvalue weighted by molar-refractivity contribution is 5.79. The first-order chi connectivity index (χ1) is 10.3. The first-order valence-electron chi connectivity index (χ1n) is 7.54. The minimum Gasteiger partial charge on any atom is -0.494 e. The van der Waals surface area contributed by atoms with Crippen molar-refractivity contribution in [1.29, 1.82) is 0 Å². The number of aliphatic imine (C=N–C) groups is 1. The van der Waals surface area contributed by atoms with Crippen LogP contribution in [0.15, 0.2) is 29.3 Å². The van der Waals surface area contributed by atoms with Crippen molar-refractivity contribution in [1.82, 2.24) is 10.6 Å². The minimum absolute atomic E-state index is 0.685. The molecule has 0 amide bonds. The van der Waals surface area contributed by atoms with Crippen molar-refractivity contribution in [2.75, 3.05) is 40.0 Å². The summed E-state index contributed by atoms with van der Waals surface area (Å²) in [5, 5.41) is 6.50. The van der Waals surface area contributed by atoms with Crippen LogP contribution < -0.4 is 15.4 Å². The van der Waals surface area contributed by atoms with E-state index in [1.807, 2.05) is 32.0 Å². The van der Waals surface area contributed by atoms with Crippen molar-refractivity contribution in [3.05, 3.63) is 29.8 Å². The van der Waals surface area contributed by atoms with Gasteiger partial charge in [0.05, 0.1) is 13.2 Å². The molecule has 0 spiro atoms. The van der Waals surface area contributed by atoms with E-state index in [0.29, 0.717) is 13.2 Å².